The van der Waals surface area contributed by atoms with E-state index in [0.29, 0.717) is 31.6 Å². The lowest BCUT2D eigenvalue weighted by Crippen LogP contribution is -2.30. The molecule has 0 saturated carbocycles. The molecule has 0 radical (unpaired) electrons. The summed E-state index contributed by atoms with van der Waals surface area (Å²) in [6.45, 7) is 9.44. The second-order valence-corrected chi connectivity index (χ2v) is 29.5. The Balaban J connectivity index is 5.18. The van der Waals surface area contributed by atoms with Crippen molar-refractivity contribution in [2.24, 2.45) is 11.8 Å². The SMILES string of the molecule is CCCCCCCCCCCCCCCCCCCCCC(=O)O[C@H](COC(=O)CCCCCCCCCCCCCC(C)C)COP(=O)(O)OC[C@@H](O)COP(=O)(O)OC[C@@H](COC(=O)CCCCCCCCCC)OC(=O)CCCCCCCCC(C)C. The molecule has 0 saturated heterocycles. The summed E-state index contributed by atoms with van der Waals surface area (Å²) in [6.07, 6.45) is 48.9. The van der Waals surface area contributed by atoms with Crippen molar-refractivity contribution in [3.05, 3.63) is 0 Å². The Morgan fingerprint density at radius 2 is 0.511 bits per heavy atom. The zero-order valence-electron chi connectivity index (χ0n) is 58.4. The number of phosphoric ester groups is 2. The lowest BCUT2D eigenvalue weighted by molar-refractivity contribution is -0.161. The number of carbonyl (C=O) groups excluding carboxylic acids is 4. The highest BCUT2D eigenvalue weighted by atomic mass is 31.2. The number of esters is 4. The van der Waals surface area contributed by atoms with Crippen molar-refractivity contribution >= 4 is 39.5 Å². The van der Waals surface area contributed by atoms with Crippen LogP contribution in [0.3, 0.4) is 0 Å². The van der Waals surface area contributed by atoms with E-state index in [-0.39, 0.29) is 25.7 Å². The molecule has 2 unspecified atom stereocenters. The minimum absolute atomic E-state index is 0.102. The van der Waals surface area contributed by atoms with E-state index in [2.05, 4.69) is 41.5 Å². The minimum atomic E-state index is -4.95. The summed E-state index contributed by atoms with van der Waals surface area (Å²) in [4.78, 5) is 72.4. The number of unbranched alkanes of at least 4 members (excludes halogenated alkanes) is 40. The molecule has 19 heteroatoms. The van der Waals surface area contributed by atoms with Crippen LogP contribution >= 0.6 is 15.6 Å². The molecule has 3 N–H and O–H groups in total. The third kappa shape index (κ3) is 64.8. The van der Waals surface area contributed by atoms with Gasteiger partial charge in [0.2, 0.25) is 0 Å². The molecule has 0 aromatic carbocycles. The monoisotopic (exact) mass is 1320 g/mol. The molecule has 5 atom stereocenters. The Morgan fingerprint density at radius 1 is 0.300 bits per heavy atom. The van der Waals surface area contributed by atoms with Gasteiger partial charge in [0.05, 0.1) is 26.4 Å². The second kappa shape index (κ2) is 63.1. The number of rotatable bonds is 70. The normalized spacial score (nSPS) is 14.1. The van der Waals surface area contributed by atoms with Crippen LogP contribution < -0.4 is 0 Å². The molecule has 0 aliphatic carbocycles. The first-order valence-electron chi connectivity index (χ1n) is 37.0. The number of aliphatic hydroxyl groups excluding tert-OH is 1. The molecule has 17 nitrogen and oxygen atoms in total. The molecule has 0 fully saturated rings. The first kappa shape index (κ1) is 88.1. The van der Waals surface area contributed by atoms with Gasteiger partial charge in [-0.25, -0.2) is 9.13 Å². The third-order valence-electron chi connectivity index (χ3n) is 16.5. The molecule has 0 bridgehead atoms. The van der Waals surface area contributed by atoms with Crippen LogP contribution in [0, 0.1) is 11.8 Å². The molecule has 0 aromatic heterocycles. The van der Waals surface area contributed by atoms with Crippen LogP contribution in [-0.4, -0.2) is 96.7 Å². The quantitative estimate of drug-likeness (QED) is 0.0222. The van der Waals surface area contributed by atoms with Gasteiger partial charge >= 0.3 is 39.5 Å². The summed E-state index contributed by atoms with van der Waals surface area (Å²) in [7, 11) is -9.90. The summed E-state index contributed by atoms with van der Waals surface area (Å²) in [5, 5.41) is 10.6. The lowest BCUT2D eigenvalue weighted by atomic mass is 10.0. The van der Waals surface area contributed by atoms with Crippen LogP contribution in [0.1, 0.15) is 363 Å². The molecule has 534 valence electrons. The molecule has 0 aliphatic rings. The number of carbonyl (C=O) groups is 4. The molecule has 0 amide bonds. The Morgan fingerprint density at radius 3 is 0.756 bits per heavy atom. The molecule has 0 heterocycles. The van der Waals surface area contributed by atoms with Crippen LogP contribution in [0.2, 0.25) is 0 Å². The summed E-state index contributed by atoms with van der Waals surface area (Å²) in [5.74, 6) is -0.689. The zero-order valence-corrected chi connectivity index (χ0v) is 60.2. The maximum atomic E-state index is 13.0. The van der Waals surface area contributed by atoms with E-state index in [1.165, 1.54) is 173 Å². The van der Waals surface area contributed by atoms with E-state index in [9.17, 15) is 43.2 Å². The van der Waals surface area contributed by atoms with Crippen molar-refractivity contribution < 1.29 is 80.2 Å². The number of aliphatic hydroxyl groups is 1. The Kier molecular flexibility index (Phi) is 61.8. The average molecular weight is 1330 g/mol. The van der Waals surface area contributed by atoms with Gasteiger partial charge in [0.15, 0.2) is 12.2 Å². The van der Waals surface area contributed by atoms with Gasteiger partial charge in [-0.15, -0.1) is 0 Å². The Labute approximate surface area is 549 Å². The van der Waals surface area contributed by atoms with E-state index in [1.807, 2.05) is 0 Å². The zero-order chi connectivity index (χ0) is 66.5. The second-order valence-electron chi connectivity index (χ2n) is 26.6. The van der Waals surface area contributed by atoms with Crippen molar-refractivity contribution in [2.45, 2.75) is 381 Å². The number of phosphoric acid groups is 2. The number of hydrogen-bond donors (Lipinski definition) is 3. The van der Waals surface area contributed by atoms with E-state index >= 15 is 0 Å². The van der Waals surface area contributed by atoms with Gasteiger partial charge in [-0.1, -0.05) is 311 Å². The highest BCUT2D eigenvalue weighted by Crippen LogP contribution is 2.45. The highest BCUT2D eigenvalue weighted by molar-refractivity contribution is 7.47. The van der Waals surface area contributed by atoms with Gasteiger partial charge in [0.1, 0.15) is 19.3 Å². The van der Waals surface area contributed by atoms with Crippen molar-refractivity contribution in [1.29, 1.82) is 0 Å². The van der Waals surface area contributed by atoms with Gasteiger partial charge in [-0.05, 0) is 37.5 Å². The highest BCUT2D eigenvalue weighted by Gasteiger charge is 2.30. The average Bonchev–Trinajstić information content (AvgIpc) is 3.38. The van der Waals surface area contributed by atoms with Crippen LogP contribution in [0.15, 0.2) is 0 Å². The lowest BCUT2D eigenvalue weighted by Gasteiger charge is -2.21. The van der Waals surface area contributed by atoms with E-state index in [0.717, 1.165) is 102 Å². The topological polar surface area (TPSA) is 237 Å². The molecule has 0 aromatic rings. The molecule has 0 rings (SSSR count). The van der Waals surface area contributed by atoms with Crippen molar-refractivity contribution in [3.8, 4) is 0 Å². The standard InChI is InChI=1S/C71H138O17P2/c1-7-9-11-13-15-17-18-19-20-21-22-23-24-25-28-32-36-43-49-55-70(75)87-66(59-82-69(74)54-48-42-35-31-29-26-27-30-33-39-45-51-63(3)4)61-85-89(77,78)83-57-65(72)58-84-90(79,80)86-62-67(60-81-68(73)53-47-41-34-16-14-12-10-8-2)88-71(76)56-50-44-38-37-40-46-52-64(5)6/h63-67,72H,7-62H2,1-6H3,(H,77,78)(H,79,80)/t65-,66-,67-/m1/s1. The Bertz CT molecular complexity index is 1750. The van der Waals surface area contributed by atoms with E-state index in [1.54, 1.807) is 0 Å². The molecular formula is C71H138O17P2. The molecule has 0 spiro atoms. The predicted molar refractivity (Wildman–Crippen MR) is 363 cm³/mol. The maximum Gasteiger partial charge on any atom is 0.472 e. The third-order valence-corrected chi connectivity index (χ3v) is 18.4. The van der Waals surface area contributed by atoms with Gasteiger partial charge in [-0.2, -0.15) is 0 Å². The smallest absolute Gasteiger partial charge is 0.462 e. The van der Waals surface area contributed by atoms with Crippen LogP contribution in [-0.2, 0) is 65.4 Å². The first-order valence-corrected chi connectivity index (χ1v) is 40.0. The largest absolute Gasteiger partial charge is 0.472 e. The summed E-state index contributed by atoms with van der Waals surface area (Å²) < 4.78 is 68.2. The van der Waals surface area contributed by atoms with Crippen molar-refractivity contribution in [3.63, 3.8) is 0 Å². The first-order chi connectivity index (χ1) is 43.4. The van der Waals surface area contributed by atoms with Gasteiger partial charge in [-0.3, -0.25) is 37.3 Å². The summed E-state index contributed by atoms with van der Waals surface area (Å²) in [6, 6.07) is 0. The maximum absolute atomic E-state index is 13.0. The van der Waals surface area contributed by atoms with Gasteiger partial charge in [0, 0.05) is 25.7 Å². The summed E-state index contributed by atoms with van der Waals surface area (Å²) in [5.41, 5.74) is 0. The fourth-order valence-electron chi connectivity index (χ4n) is 10.8. The van der Waals surface area contributed by atoms with Crippen LogP contribution in [0.5, 0.6) is 0 Å². The minimum Gasteiger partial charge on any atom is -0.462 e. The Hall–Kier alpha value is -1.94. The van der Waals surface area contributed by atoms with Crippen molar-refractivity contribution in [1.82, 2.24) is 0 Å². The predicted octanol–water partition coefficient (Wildman–Crippen LogP) is 20.4. The number of ether oxygens (including phenoxy) is 4. The van der Waals surface area contributed by atoms with Gasteiger partial charge in [0.25, 0.3) is 0 Å². The van der Waals surface area contributed by atoms with E-state index in [4.69, 9.17) is 37.0 Å². The van der Waals surface area contributed by atoms with E-state index < -0.39 is 97.5 Å². The number of hydrogen-bond acceptors (Lipinski definition) is 15. The molecular weight excluding hydrogens is 1190 g/mol. The van der Waals surface area contributed by atoms with Crippen LogP contribution in [0.25, 0.3) is 0 Å². The summed E-state index contributed by atoms with van der Waals surface area (Å²) >= 11 is 0. The molecule has 90 heavy (non-hydrogen) atoms. The van der Waals surface area contributed by atoms with Crippen LogP contribution in [0.4, 0.5) is 0 Å². The molecule has 0 aliphatic heterocycles. The van der Waals surface area contributed by atoms with Crippen molar-refractivity contribution in [2.75, 3.05) is 39.6 Å². The fourth-order valence-corrected chi connectivity index (χ4v) is 12.3. The van der Waals surface area contributed by atoms with Gasteiger partial charge < -0.3 is 33.8 Å². The fraction of sp³-hybridized carbons (Fsp3) is 0.944.